The number of halogens is 2. The van der Waals surface area contributed by atoms with Gasteiger partial charge in [-0.2, -0.15) is 0 Å². The summed E-state index contributed by atoms with van der Waals surface area (Å²) in [6, 6.07) is 4.69. The van der Waals surface area contributed by atoms with E-state index >= 15 is 0 Å². The van der Waals surface area contributed by atoms with E-state index in [-0.39, 0.29) is 11.9 Å². The molecule has 1 aliphatic carbocycles. The van der Waals surface area contributed by atoms with E-state index in [0.29, 0.717) is 0 Å². The van der Waals surface area contributed by atoms with Gasteiger partial charge in [0.15, 0.2) is 0 Å². The van der Waals surface area contributed by atoms with Gasteiger partial charge >= 0.3 is 0 Å². The van der Waals surface area contributed by atoms with Crippen molar-refractivity contribution in [2.45, 2.75) is 25.4 Å². The van der Waals surface area contributed by atoms with Crippen LogP contribution in [0.5, 0.6) is 0 Å². The lowest BCUT2D eigenvalue weighted by atomic mass is 10.0. The second-order valence-electron chi connectivity index (χ2n) is 3.84. The molecule has 0 fully saturated rings. The molecule has 0 radical (unpaired) electrons. The molecule has 0 spiro atoms. The van der Waals surface area contributed by atoms with Crippen molar-refractivity contribution >= 4 is 15.9 Å². The summed E-state index contributed by atoms with van der Waals surface area (Å²) in [5.74, 6) is -0.215. The Labute approximate surface area is 96.8 Å². The molecule has 1 atom stereocenters. The number of hydrogen-bond donors (Lipinski definition) is 1. The van der Waals surface area contributed by atoms with Crippen molar-refractivity contribution < 1.29 is 9.50 Å². The molecule has 1 aromatic carbocycles. The third kappa shape index (κ3) is 2.67. The minimum Gasteiger partial charge on any atom is -0.389 e. The highest BCUT2D eigenvalue weighted by Gasteiger charge is 2.14. The number of rotatable bonds is 2. The van der Waals surface area contributed by atoms with E-state index in [9.17, 15) is 9.50 Å². The predicted molar refractivity (Wildman–Crippen MR) is 61.1 cm³/mol. The fourth-order valence-corrected chi connectivity index (χ4v) is 2.23. The fraction of sp³-hybridized carbons (Fsp3) is 0.333. The Morgan fingerprint density at radius 3 is 2.93 bits per heavy atom. The summed E-state index contributed by atoms with van der Waals surface area (Å²) in [5, 5.41) is 9.34. The van der Waals surface area contributed by atoms with Gasteiger partial charge in [-0.3, -0.25) is 0 Å². The molecule has 0 amide bonds. The van der Waals surface area contributed by atoms with E-state index in [4.69, 9.17) is 0 Å². The summed E-state index contributed by atoms with van der Waals surface area (Å²) in [7, 11) is 0. The first kappa shape index (κ1) is 10.8. The minimum absolute atomic E-state index is 0.215. The second-order valence-corrected chi connectivity index (χ2v) is 4.70. The van der Waals surface area contributed by atoms with Crippen LogP contribution >= 0.6 is 15.9 Å². The highest BCUT2D eigenvalue weighted by molar-refractivity contribution is 9.10. The molecular formula is C12H12BrFO. The topological polar surface area (TPSA) is 20.2 Å². The average Bonchev–Trinajstić information content (AvgIpc) is 2.58. The Kier molecular flexibility index (Phi) is 3.22. The van der Waals surface area contributed by atoms with Gasteiger partial charge < -0.3 is 5.11 Å². The Morgan fingerprint density at radius 1 is 1.47 bits per heavy atom. The van der Waals surface area contributed by atoms with Crippen molar-refractivity contribution in [1.29, 1.82) is 0 Å². The Hall–Kier alpha value is -0.670. The van der Waals surface area contributed by atoms with Gasteiger partial charge in [-0.1, -0.05) is 27.6 Å². The molecule has 1 aromatic rings. The molecule has 1 nitrogen and oxygen atoms in total. The van der Waals surface area contributed by atoms with Crippen molar-refractivity contribution in [3.63, 3.8) is 0 Å². The zero-order chi connectivity index (χ0) is 10.8. The molecule has 0 aromatic heterocycles. The van der Waals surface area contributed by atoms with Gasteiger partial charge in [-0.25, -0.2) is 4.39 Å². The Morgan fingerprint density at radius 2 is 2.27 bits per heavy atom. The number of allylic oxidation sites excluding steroid dienone is 1. The van der Waals surface area contributed by atoms with Gasteiger partial charge in [0.25, 0.3) is 0 Å². The fourth-order valence-electron chi connectivity index (χ4n) is 1.84. The number of aliphatic hydroxyl groups excluding tert-OH is 1. The molecule has 0 aliphatic heterocycles. The molecule has 0 heterocycles. The van der Waals surface area contributed by atoms with Gasteiger partial charge in [0.1, 0.15) is 5.82 Å². The average molecular weight is 271 g/mol. The maximum Gasteiger partial charge on any atom is 0.123 e. The number of aliphatic hydroxyl groups is 1. The van der Waals surface area contributed by atoms with E-state index in [1.54, 1.807) is 6.07 Å². The molecule has 80 valence electrons. The first-order chi connectivity index (χ1) is 7.15. The van der Waals surface area contributed by atoms with Crippen LogP contribution < -0.4 is 0 Å². The van der Waals surface area contributed by atoms with Crippen molar-refractivity contribution in [2.24, 2.45) is 0 Å². The summed E-state index contributed by atoms with van der Waals surface area (Å²) in [4.78, 5) is 0. The zero-order valence-corrected chi connectivity index (χ0v) is 9.80. The summed E-state index contributed by atoms with van der Waals surface area (Å²) in [6.45, 7) is 0. The molecular weight excluding hydrogens is 259 g/mol. The summed E-state index contributed by atoms with van der Waals surface area (Å²) < 4.78 is 13.9. The molecule has 1 unspecified atom stereocenters. The van der Waals surface area contributed by atoms with Crippen molar-refractivity contribution in [3.8, 4) is 0 Å². The SMILES string of the molecule is OC1C=C(Cc2cc(F)ccc2Br)CC1. The highest BCUT2D eigenvalue weighted by Crippen LogP contribution is 2.26. The normalized spacial score (nSPS) is 20.5. The quantitative estimate of drug-likeness (QED) is 0.819. The van der Waals surface area contributed by atoms with Crippen molar-refractivity contribution in [2.75, 3.05) is 0 Å². The van der Waals surface area contributed by atoms with Crippen LogP contribution in [0.25, 0.3) is 0 Å². The lowest BCUT2D eigenvalue weighted by Crippen LogP contribution is -1.93. The third-order valence-electron chi connectivity index (χ3n) is 2.61. The number of benzene rings is 1. The van der Waals surface area contributed by atoms with E-state index in [2.05, 4.69) is 15.9 Å². The molecule has 3 heteroatoms. The summed E-state index contributed by atoms with van der Waals surface area (Å²) in [6.07, 6.45) is 3.98. The first-order valence-corrected chi connectivity index (χ1v) is 5.76. The van der Waals surface area contributed by atoms with Crippen LogP contribution in [0.3, 0.4) is 0 Å². The van der Waals surface area contributed by atoms with Gasteiger partial charge in [0.05, 0.1) is 6.10 Å². The van der Waals surface area contributed by atoms with Crippen LogP contribution in [0.15, 0.2) is 34.3 Å². The van der Waals surface area contributed by atoms with Crippen molar-refractivity contribution in [3.05, 3.63) is 45.7 Å². The molecule has 15 heavy (non-hydrogen) atoms. The lowest BCUT2D eigenvalue weighted by Gasteiger charge is -2.05. The first-order valence-electron chi connectivity index (χ1n) is 4.97. The van der Waals surface area contributed by atoms with Crippen LogP contribution in [-0.2, 0) is 6.42 Å². The van der Waals surface area contributed by atoms with E-state index < -0.39 is 0 Å². The second kappa shape index (κ2) is 4.45. The highest BCUT2D eigenvalue weighted by atomic mass is 79.9. The molecule has 1 N–H and O–H groups in total. The van der Waals surface area contributed by atoms with E-state index in [0.717, 1.165) is 29.3 Å². The van der Waals surface area contributed by atoms with E-state index in [1.165, 1.54) is 17.7 Å². The Balaban J connectivity index is 2.17. The standard InChI is InChI=1S/C12H12BrFO/c13-12-4-2-10(14)7-9(12)5-8-1-3-11(15)6-8/h2,4,6-7,11,15H,1,3,5H2. The lowest BCUT2D eigenvalue weighted by molar-refractivity contribution is 0.223. The number of hydrogen-bond acceptors (Lipinski definition) is 1. The predicted octanol–water partition coefficient (Wildman–Crippen LogP) is 3.21. The Bertz CT molecular complexity index is 401. The molecule has 0 saturated carbocycles. The van der Waals surface area contributed by atoms with Crippen LogP contribution in [-0.4, -0.2) is 11.2 Å². The third-order valence-corrected chi connectivity index (χ3v) is 3.39. The monoisotopic (exact) mass is 270 g/mol. The molecule has 0 saturated heterocycles. The zero-order valence-electron chi connectivity index (χ0n) is 8.21. The molecule has 2 rings (SSSR count). The smallest absolute Gasteiger partial charge is 0.123 e. The van der Waals surface area contributed by atoms with Crippen LogP contribution in [0.1, 0.15) is 18.4 Å². The minimum atomic E-state index is -0.313. The van der Waals surface area contributed by atoms with Crippen LogP contribution in [0.4, 0.5) is 4.39 Å². The molecule has 1 aliphatic rings. The van der Waals surface area contributed by atoms with Crippen molar-refractivity contribution in [1.82, 2.24) is 0 Å². The summed E-state index contributed by atoms with van der Waals surface area (Å²) in [5.41, 5.74) is 2.13. The van der Waals surface area contributed by atoms with Crippen LogP contribution in [0, 0.1) is 5.82 Å². The van der Waals surface area contributed by atoms with Gasteiger partial charge in [0, 0.05) is 4.47 Å². The van der Waals surface area contributed by atoms with Gasteiger partial charge in [-0.05, 0) is 43.0 Å². The maximum absolute atomic E-state index is 13.0. The van der Waals surface area contributed by atoms with E-state index in [1.807, 2.05) is 6.08 Å². The largest absolute Gasteiger partial charge is 0.389 e. The van der Waals surface area contributed by atoms with Gasteiger partial charge in [-0.15, -0.1) is 0 Å². The van der Waals surface area contributed by atoms with Crippen LogP contribution in [0.2, 0.25) is 0 Å². The molecule has 0 bridgehead atoms. The maximum atomic E-state index is 13.0. The summed E-state index contributed by atoms with van der Waals surface area (Å²) >= 11 is 3.40. The van der Waals surface area contributed by atoms with Gasteiger partial charge in [0.2, 0.25) is 0 Å².